The lowest BCUT2D eigenvalue weighted by atomic mass is 10.1. The molecule has 2 unspecified atom stereocenters. The number of carbonyl (C=O) groups excluding carboxylic acids is 2. The highest BCUT2D eigenvalue weighted by Crippen LogP contribution is 2.28. The molecule has 2 atom stereocenters. The van der Waals surface area contributed by atoms with Gasteiger partial charge in [0.1, 0.15) is 12.5 Å². The summed E-state index contributed by atoms with van der Waals surface area (Å²) < 4.78 is 77.1. The second kappa shape index (κ2) is 9.55. The molecular weight excluding hydrogens is 406 g/mol. The van der Waals surface area contributed by atoms with Gasteiger partial charge in [0, 0.05) is 19.5 Å². The van der Waals surface area contributed by atoms with E-state index in [0.29, 0.717) is 12.2 Å². The van der Waals surface area contributed by atoms with Crippen LogP contribution in [0.15, 0.2) is 36.0 Å². The summed E-state index contributed by atoms with van der Waals surface area (Å²) in [4.78, 5) is 26.6. The molecule has 12 heteroatoms. The first-order chi connectivity index (χ1) is 13.5. The Labute approximate surface area is 162 Å². The van der Waals surface area contributed by atoms with Gasteiger partial charge in [0.25, 0.3) is 0 Å². The van der Waals surface area contributed by atoms with Crippen molar-refractivity contribution in [1.82, 2.24) is 20.7 Å². The molecule has 2 rings (SSSR count). The maximum Gasteiger partial charge on any atom is 0.418 e. The Morgan fingerprint density at radius 3 is 2.41 bits per heavy atom. The summed E-state index contributed by atoms with van der Waals surface area (Å²) >= 11 is 0. The summed E-state index contributed by atoms with van der Waals surface area (Å²) in [6, 6.07) is 0. The number of hydrazine groups is 1. The van der Waals surface area contributed by atoms with Crippen LogP contribution in [0.2, 0.25) is 0 Å². The average molecular weight is 426 g/mol. The van der Waals surface area contributed by atoms with E-state index in [9.17, 15) is 35.9 Å². The van der Waals surface area contributed by atoms with Gasteiger partial charge in [-0.2, -0.15) is 13.2 Å². The lowest BCUT2D eigenvalue weighted by molar-refractivity contribution is -0.188. The summed E-state index contributed by atoms with van der Waals surface area (Å²) in [5.74, 6) is -4.02. The Balaban J connectivity index is 1.85. The second-order valence-electron chi connectivity index (χ2n) is 6.58. The molecule has 0 spiro atoms. The third-order valence-corrected chi connectivity index (χ3v) is 4.39. The predicted molar refractivity (Wildman–Crippen MR) is 90.9 cm³/mol. The Hall–Kier alpha value is -2.18. The van der Waals surface area contributed by atoms with E-state index in [2.05, 4.69) is 17.4 Å². The van der Waals surface area contributed by atoms with Gasteiger partial charge in [0.05, 0.1) is 19.1 Å². The molecule has 0 saturated carbocycles. The molecule has 0 aliphatic carbocycles. The summed E-state index contributed by atoms with van der Waals surface area (Å²) in [5, 5.41) is 0. The topological polar surface area (TPSA) is 64.7 Å². The maximum absolute atomic E-state index is 13.4. The van der Waals surface area contributed by atoms with Crippen LogP contribution in [0.1, 0.15) is 12.8 Å². The first-order valence-electron chi connectivity index (χ1n) is 8.63. The van der Waals surface area contributed by atoms with Crippen molar-refractivity contribution in [2.75, 3.05) is 26.3 Å². The van der Waals surface area contributed by atoms with Crippen molar-refractivity contribution in [1.29, 1.82) is 0 Å². The Morgan fingerprint density at radius 2 is 1.79 bits per heavy atom. The number of Topliss-reactive ketones (excluding diaryl/α,β-unsaturated/α-hetero) is 1. The van der Waals surface area contributed by atoms with Gasteiger partial charge in [-0.1, -0.05) is 6.58 Å². The van der Waals surface area contributed by atoms with E-state index >= 15 is 0 Å². The van der Waals surface area contributed by atoms with Crippen LogP contribution in [-0.4, -0.2) is 66.3 Å². The predicted octanol–water partition coefficient (Wildman–Crippen LogP) is 2.03. The zero-order chi connectivity index (χ0) is 21.8. The number of carbonyl (C=O) groups is 2. The third kappa shape index (κ3) is 6.15. The van der Waals surface area contributed by atoms with Crippen molar-refractivity contribution in [3.05, 3.63) is 36.0 Å². The molecule has 0 aromatic heterocycles. The standard InChI is InChI=1S/C17H20F6N4O2/c1-10(7-13(20)12(19)2-3-18)6-11(28)8-15(29)26-4-5-27-14(9-26)24-25-16(27)17(21,22)23/h2,7,14,16,24-25H,1,3-6,8-9H2/b12-2+,13-7+. The number of hydrogen-bond donors (Lipinski definition) is 2. The highest BCUT2D eigenvalue weighted by Gasteiger charge is 2.51. The second-order valence-corrected chi connectivity index (χ2v) is 6.58. The van der Waals surface area contributed by atoms with Gasteiger partial charge < -0.3 is 4.90 Å². The zero-order valence-corrected chi connectivity index (χ0v) is 15.2. The minimum absolute atomic E-state index is 0.00721. The number of amides is 1. The fourth-order valence-corrected chi connectivity index (χ4v) is 3.05. The fourth-order valence-electron chi connectivity index (χ4n) is 3.05. The number of fused-ring (bicyclic) bond motifs is 1. The summed E-state index contributed by atoms with van der Waals surface area (Å²) in [6.45, 7) is 2.10. The SMILES string of the molecule is C=C(/C=C(F)\C(F)=C/CF)CC(=O)CC(=O)N1CCN2C(C1)NNC2C(F)(F)F. The first-order valence-corrected chi connectivity index (χ1v) is 8.63. The largest absolute Gasteiger partial charge is 0.418 e. The van der Waals surface area contributed by atoms with Crippen LogP contribution in [0.4, 0.5) is 26.3 Å². The van der Waals surface area contributed by atoms with Crippen molar-refractivity contribution in [2.24, 2.45) is 0 Å². The normalized spacial score (nSPS) is 23.9. The number of nitrogens with one attached hydrogen (secondary N) is 2. The highest BCUT2D eigenvalue weighted by molar-refractivity contribution is 5.99. The molecule has 0 aromatic carbocycles. The van der Waals surface area contributed by atoms with Gasteiger partial charge in [0.15, 0.2) is 17.8 Å². The molecule has 29 heavy (non-hydrogen) atoms. The fraction of sp³-hybridized carbons (Fsp3) is 0.529. The van der Waals surface area contributed by atoms with Gasteiger partial charge in [-0.3, -0.25) is 14.5 Å². The third-order valence-electron chi connectivity index (χ3n) is 4.39. The van der Waals surface area contributed by atoms with Crippen molar-refractivity contribution in [3.63, 3.8) is 0 Å². The van der Waals surface area contributed by atoms with E-state index in [1.807, 2.05) is 0 Å². The lowest BCUT2D eigenvalue weighted by Crippen LogP contribution is -2.58. The number of rotatable bonds is 7. The van der Waals surface area contributed by atoms with E-state index in [0.717, 1.165) is 4.90 Å². The van der Waals surface area contributed by atoms with Crippen molar-refractivity contribution >= 4 is 11.7 Å². The number of alkyl halides is 4. The summed E-state index contributed by atoms with van der Waals surface area (Å²) in [7, 11) is 0. The van der Waals surface area contributed by atoms with Crippen LogP contribution in [0, 0.1) is 0 Å². The maximum atomic E-state index is 13.4. The Kier molecular flexibility index (Phi) is 7.60. The van der Waals surface area contributed by atoms with Crippen LogP contribution in [0.5, 0.6) is 0 Å². The zero-order valence-electron chi connectivity index (χ0n) is 15.2. The molecular formula is C17H20F6N4O2. The molecule has 2 aliphatic heterocycles. The molecule has 0 aromatic rings. The molecule has 2 N–H and O–H groups in total. The van der Waals surface area contributed by atoms with Gasteiger partial charge in [-0.05, 0) is 17.7 Å². The number of nitrogens with zero attached hydrogens (tertiary/aromatic N) is 2. The Morgan fingerprint density at radius 1 is 1.10 bits per heavy atom. The van der Waals surface area contributed by atoms with Gasteiger partial charge in [-0.15, -0.1) is 0 Å². The first kappa shape index (κ1) is 23.1. The molecule has 2 aliphatic rings. The van der Waals surface area contributed by atoms with E-state index in [1.165, 1.54) is 4.90 Å². The molecule has 0 radical (unpaired) electrons. The van der Waals surface area contributed by atoms with Crippen LogP contribution in [0.3, 0.4) is 0 Å². The summed E-state index contributed by atoms with van der Waals surface area (Å²) in [5.41, 5.74) is 4.50. The monoisotopic (exact) mass is 426 g/mol. The smallest absolute Gasteiger partial charge is 0.338 e. The van der Waals surface area contributed by atoms with Crippen LogP contribution < -0.4 is 10.9 Å². The van der Waals surface area contributed by atoms with Crippen LogP contribution in [-0.2, 0) is 9.59 Å². The molecule has 1 amide bonds. The molecule has 2 fully saturated rings. The Bertz CT molecular complexity index is 721. The number of hydrogen-bond acceptors (Lipinski definition) is 5. The summed E-state index contributed by atoms with van der Waals surface area (Å²) in [6.07, 6.45) is -7.07. The van der Waals surface area contributed by atoms with Crippen LogP contribution >= 0.6 is 0 Å². The molecule has 2 heterocycles. The number of halogens is 6. The van der Waals surface area contributed by atoms with E-state index < -0.39 is 61.4 Å². The molecule has 6 nitrogen and oxygen atoms in total. The molecule has 0 bridgehead atoms. The van der Waals surface area contributed by atoms with E-state index in [1.54, 1.807) is 0 Å². The molecule has 2 saturated heterocycles. The van der Waals surface area contributed by atoms with Crippen molar-refractivity contribution in [3.8, 4) is 0 Å². The lowest BCUT2D eigenvalue weighted by Gasteiger charge is -2.38. The number of ketones is 1. The van der Waals surface area contributed by atoms with E-state index in [-0.39, 0.29) is 25.2 Å². The number of piperazine rings is 1. The minimum atomic E-state index is -4.48. The highest BCUT2D eigenvalue weighted by atomic mass is 19.4. The van der Waals surface area contributed by atoms with Crippen LogP contribution in [0.25, 0.3) is 0 Å². The average Bonchev–Trinajstić information content (AvgIpc) is 3.04. The van der Waals surface area contributed by atoms with Gasteiger partial charge in [-0.25, -0.2) is 24.0 Å². The van der Waals surface area contributed by atoms with Crippen molar-refractivity contribution < 1.29 is 35.9 Å². The quantitative estimate of drug-likeness (QED) is 0.371. The molecule has 162 valence electrons. The van der Waals surface area contributed by atoms with Crippen molar-refractivity contribution in [2.45, 2.75) is 31.3 Å². The van der Waals surface area contributed by atoms with Gasteiger partial charge >= 0.3 is 6.18 Å². The van der Waals surface area contributed by atoms with E-state index in [4.69, 9.17) is 0 Å². The minimum Gasteiger partial charge on any atom is -0.338 e. The number of allylic oxidation sites excluding steroid dienone is 5. The van der Waals surface area contributed by atoms with Gasteiger partial charge in [0.2, 0.25) is 5.91 Å².